The van der Waals surface area contributed by atoms with E-state index in [0.29, 0.717) is 0 Å². The topological polar surface area (TPSA) is 25.2 Å². The van der Waals surface area contributed by atoms with Gasteiger partial charge in [-0.3, -0.25) is 0 Å². The molecule has 1 aromatic heterocycles. The SMILES string of the molecule is CC1(C)Cc2c(ccn2CCC2CC2)C(O)C1. The van der Waals surface area contributed by atoms with Crippen LogP contribution in [-0.4, -0.2) is 9.67 Å². The van der Waals surface area contributed by atoms with E-state index in [1.54, 1.807) is 0 Å². The van der Waals surface area contributed by atoms with Crippen molar-refractivity contribution in [2.45, 2.75) is 58.6 Å². The molecule has 0 spiro atoms. The van der Waals surface area contributed by atoms with Gasteiger partial charge in [0.1, 0.15) is 0 Å². The lowest BCUT2D eigenvalue weighted by Gasteiger charge is -2.34. The fourth-order valence-corrected chi connectivity index (χ4v) is 3.13. The summed E-state index contributed by atoms with van der Waals surface area (Å²) in [4.78, 5) is 0. The van der Waals surface area contributed by atoms with Gasteiger partial charge in [0.25, 0.3) is 0 Å². The summed E-state index contributed by atoms with van der Waals surface area (Å²) in [6.07, 6.45) is 8.10. The Kier molecular flexibility index (Phi) is 2.58. The van der Waals surface area contributed by atoms with Crippen molar-refractivity contribution < 1.29 is 5.11 Å². The minimum atomic E-state index is -0.254. The van der Waals surface area contributed by atoms with Crippen molar-refractivity contribution in [2.75, 3.05) is 0 Å². The Morgan fingerprint density at radius 3 is 2.88 bits per heavy atom. The maximum atomic E-state index is 10.2. The van der Waals surface area contributed by atoms with Crippen LogP contribution in [0.15, 0.2) is 12.3 Å². The first-order valence-electron chi connectivity index (χ1n) is 6.91. The van der Waals surface area contributed by atoms with E-state index in [2.05, 4.69) is 30.7 Å². The number of aliphatic hydroxyl groups excluding tert-OH is 1. The van der Waals surface area contributed by atoms with E-state index in [1.165, 1.54) is 30.5 Å². The number of aromatic nitrogens is 1. The molecule has 0 aliphatic heterocycles. The van der Waals surface area contributed by atoms with Gasteiger partial charge in [0.05, 0.1) is 6.10 Å². The van der Waals surface area contributed by atoms with Gasteiger partial charge < -0.3 is 9.67 Å². The minimum Gasteiger partial charge on any atom is -0.388 e. The second kappa shape index (κ2) is 3.88. The fourth-order valence-electron chi connectivity index (χ4n) is 3.13. The average Bonchev–Trinajstić information content (AvgIpc) is 2.96. The van der Waals surface area contributed by atoms with Crippen molar-refractivity contribution >= 4 is 0 Å². The number of rotatable bonds is 3. The minimum absolute atomic E-state index is 0.238. The second-order valence-corrected chi connectivity index (χ2v) is 6.70. The Balaban J connectivity index is 1.81. The van der Waals surface area contributed by atoms with Gasteiger partial charge >= 0.3 is 0 Å². The summed E-state index contributed by atoms with van der Waals surface area (Å²) in [7, 11) is 0. The third-order valence-corrected chi connectivity index (χ3v) is 4.34. The highest BCUT2D eigenvalue weighted by molar-refractivity contribution is 5.29. The number of fused-ring (bicyclic) bond motifs is 1. The molecule has 0 amide bonds. The van der Waals surface area contributed by atoms with E-state index < -0.39 is 0 Å². The quantitative estimate of drug-likeness (QED) is 0.851. The summed E-state index contributed by atoms with van der Waals surface area (Å²) >= 11 is 0. The molecule has 1 saturated carbocycles. The van der Waals surface area contributed by atoms with Gasteiger partial charge in [-0.05, 0) is 36.7 Å². The summed E-state index contributed by atoms with van der Waals surface area (Å²) in [5.74, 6) is 0.981. The monoisotopic (exact) mass is 233 g/mol. The number of nitrogens with zero attached hydrogens (tertiary/aromatic N) is 1. The Hall–Kier alpha value is -0.760. The summed E-state index contributed by atoms with van der Waals surface area (Å²) < 4.78 is 2.39. The molecule has 1 unspecified atom stereocenters. The summed E-state index contributed by atoms with van der Waals surface area (Å²) in [6, 6.07) is 2.13. The standard InChI is InChI=1S/C15H23NO/c1-15(2)9-13-12(14(17)10-15)6-8-16(13)7-5-11-3-4-11/h6,8,11,14,17H,3-5,7,9-10H2,1-2H3. The Morgan fingerprint density at radius 1 is 1.41 bits per heavy atom. The Morgan fingerprint density at radius 2 is 2.18 bits per heavy atom. The molecule has 0 bridgehead atoms. The van der Waals surface area contributed by atoms with E-state index >= 15 is 0 Å². The maximum absolute atomic E-state index is 10.2. The van der Waals surface area contributed by atoms with Gasteiger partial charge in [-0.25, -0.2) is 0 Å². The zero-order valence-electron chi connectivity index (χ0n) is 10.9. The van der Waals surface area contributed by atoms with Gasteiger partial charge in [-0.2, -0.15) is 0 Å². The van der Waals surface area contributed by atoms with Crippen LogP contribution >= 0.6 is 0 Å². The zero-order chi connectivity index (χ0) is 12.0. The molecule has 1 aromatic rings. The van der Waals surface area contributed by atoms with E-state index in [9.17, 15) is 5.11 Å². The lowest BCUT2D eigenvalue weighted by molar-refractivity contribution is 0.0979. The van der Waals surface area contributed by atoms with Crippen molar-refractivity contribution in [3.8, 4) is 0 Å². The van der Waals surface area contributed by atoms with Crippen LogP contribution in [0.2, 0.25) is 0 Å². The number of aryl methyl sites for hydroxylation is 1. The molecule has 17 heavy (non-hydrogen) atoms. The van der Waals surface area contributed by atoms with Crippen LogP contribution in [0.4, 0.5) is 0 Å². The summed E-state index contributed by atoms with van der Waals surface area (Å²) in [6.45, 7) is 5.66. The molecule has 2 aliphatic rings. The molecule has 1 fully saturated rings. The van der Waals surface area contributed by atoms with Crippen LogP contribution in [-0.2, 0) is 13.0 Å². The molecular formula is C15H23NO. The van der Waals surface area contributed by atoms with Crippen LogP contribution < -0.4 is 0 Å². The predicted octanol–water partition coefficient (Wildman–Crippen LogP) is 3.29. The van der Waals surface area contributed by atoms with E-state index in [-0.39, 0.29) is 11.5 Å². The molecule has 2 heteroatoms. The second-order valence-electron chi connectivity index (χ2n) is 6.70. The van der Waals surface area contributed by atoms with Gasteiger partial charge in [0, 0.05) is 24.0 Å². The van der Waals surface area contributed by atoms with Crippen LogP contribution in [0.3, 0.4) is 0 Å². The Bertz CT molecular complexity index is 415. The highest BCUT2D eigenvalue weighted by atomic mass is 16.3. The predicted molar refractivity (Wildman–Crippen MR) is 68.8 cm³/mol. The molecule has 1 N–H and O–H groups in total. The largest absolute Gasteiger partial charge is 0.388 e. The molecule has 1 atom stereocenters. The van der Waals surface area contributed by atoms with E-state index in [0.717, 1.165) is 25.3 Å². The molecule has 2 nitrogen and oxygen atoms in total. The first-order chi connectivity index (χ1) is 8.05. The number of hydrogen-bond acceptors (Lipinski definition) is 1. The van der Waals surface area contributed by atoms with Gasteiger partial charge in [0.2, 0.25) is 0 Å². The fraction of sp³-hybridized carbons (Fsp3) is 0.733. The van der Waals surface area contributed by atoms with Crippen molar-refractivity contribution in [1.82, 2.24) is 4.57 Å². The van der Waals surface area contributed by atoms with Gasteiger partial charge in [-0.15, -0.1) is 0 Å². The molecule has 0 radical (unpaired) electrons. The number of hydrogen-bond donors (Lipinski definition) is 1. The molecular weight excluding hydrogens is 210 g/mol. The first kappa shape index (κ1) is 11.3. The van der Waals surface area contributed by atoms with Crippen molar-refractivity contribution in [3.05, 3.63) is 23.5 Å². The lowest BCUT2D eigenvalue weighted by Crippen LogP contribution is -2.26. The zero-order valence-corrected chi connectivity index (χ0v) is 10.9. The molecule has 0 saturated heterocycles. The van der Waals surface area contributed by atoms with Crippen molar-refractivity contribution in [3.63, 3.8) is 0 Å². The normalized spacial score (nSPS) is 26.9. The average molecular weight is 233 g/mol. The van der Waals surface area contributed by atoms with Crippen molar-refractivity contribution in [2.24, 2.45) is 11.3 Å². The smallest absolute Gasteiger partial charge is 0.0812 e. The van der Waals surface area contributed by atoms with Crippen molar-refractivity contribution in [1.29, 1.82) is 0 Å². The van der Waals surface area contributed by atoms with E-state index in [4.69, 9.17) is 0 Å². The summed E-state index contributed by atoms with van der Waals surface area (Å²) in [5, 5.41) is 10.2. The van der Waals surface area contributed by atoms with Crippen LogP contribution in [0.5, 0.6) is 0 Å². The number of aliphatic hydroxyl groups is 1. The van der Waals surface area contributed by atoms with E-state index in [1.807, 2.05) is 0 Å². The highest BCUT2D eigenvalue weighted by Gasteiger charge is 2.33. The lowest BCUT2D eigenvalue weighted by atomic mass is 9.75. The summed E-state index contributed by atoms with van der Waals surface area (Å²) in [5.41, 5.74) is 2.80. The first-order valence-corrected chi connectivity index (χ1v) is 6.91. The Labute approximate surface area is 104 Å². The van der Waals surface area contributed by atoms with Crippen LogP contribution in [0, 0.1) is 11.3 Å². The maximum Gasteiger partial charge on any atom is 0.0812 e. The third-order valence-electron chi connectivity index (χ3n) is 4.34. The van der Waals surface area contributed by atoms with Gasteiger partial charge in [0.15, 0.2) is 0 Å². The van der Waals surface area contributed by atoms with Crippen LogP contribution in [0.25, 0.3) is 0 Å². The molecule has 2 aliphatic carbocycles. The van der Waals surface area contributed by atoms with Crippen LogP contribution in [0.1, 0.15) is 56.9 Å². The third kappa shape index (κ3) is 2.28. The van der Waals surface area contributed by atoms with Gasteiger partial charge in [-0.1, -0.05) is 26.7 Å². The molecule has 1 heterocycles. The molecule has 3 rings (SSSR count). The molecule has 94 valence electrons. The highest BCUT2D eigenvalue weighted by Crippen LogP contribution is 2.41. The molecule has 0 aromatic carbocycles.